The predicted molar refractivity (Wildman–Crippen MR) is 125 cm³/mol. The van der Waals surface area contributed by atoms with Crippen molar-refractivity contribution in [3.05, 3.63) is 35.9 Å². The summed E-state index contributed by atoms with van der Waals surface area (Å²) >= 11 is 0. The molecule has 14 N–H and O–H groups in total. The van der Waals surface area contributed by atoms with Crippen molar-refractivity contribution < 1.29 is 44.8 Å². The highest BCUT2D eigenvalue weighted by Crippen LogP contribution is 2.47. The van der Waals surface area contributed by atoms with E-state index in [0.29, 0.717) is 5.56 Å². The largest absolute Gasteiger partial charge is 0.394 e. The quantitative estimate of drug-likeness (QED) is 0.171. The van der Waals surface area contributed by atoms with Gasteiger partial charge < -0.3 is 67.8 Å². The Morgan fingerprint density at radius 1 is 0.917 bits per heavy atom. The van der Waals surface area contributed by atoms with Crippen LogP contribution in [0, 0.1) is 5.92 Å². The molecule has 1 saturated carbocycles. The summed E-state index contributed by atoms with van der Waals surface area (Å²) < 4.78 is 17.4. The van der Waals surface area contributed by atoms with E-state index in [4.69, 9.17) is 37.1 Å². The minimum atomic E-state index is -1.83. The lowest BCUT2D eigenvalue weighted by Crippen LogP contribution is -2.68. The lowest BCUT2D eigenvalue weighted by atomic mass is 9.63. The number of hydrogen-bond acceptors (Lipinski definition) is 13. The van der Waals surface area contributed by atoms with E-state index in [0.717, 1.165) is 0 Å². The van der Waals surface area contributed by atoms with Gasteiger partial charge in [0.1, 0.15) is 42.2 Å². The first-order valence-electron chi connectivity index (χ1n) is 12.1. The smallest absolute Gasteiger partial charge is 0.176 e. The molecule has 0 spiro atoms. The third-order valence-corrected chi connectivity index (χ3v) is 7.82. The molecule has 2 heterocycles. The van der Waals surface area contributed by atoms with Gasteiger partial charge in [0.15, 0.2) is 6.29 Å². The molecular weight excluding hydrogens is 476 g/mol. The van der Waals surface area contributed by atoms with Crippen LogP contribution in [0.4, 0.5) is 0 Å². The Bertz CT molecular complexity index is 869. The summed E-state index contributed by atoms with van der Waals surface area (Å²) in [7, 11) is 0. The second-order valence-corrected chi connectivity index (χ2v) is 9.96. The number of aliphatic hydroxyl groups excluding tert-OH is 5. The van der Waals surface area contributed by atoms with Crippen molar-refractivity contribution >= 4 is 0 Å². The summed E-state index contributed by atoms with van der Waals surface area (Å²) in [6, 6.07) is 5.59. The van der Waals surface area contributed by atoms with Gasteiger partial charge in [-0.1, -0.05) is 30.3 Å². The molecule has 0 unspecified atom stereocenters. The molecule has 1 aromatic rings. The second kappa shape index (κ2) is 10.8. The maximum Gasteiger partial charge on any atom is 0.176 e. The molecule has 1 aromatic carbocycles. The Labute approximate surface area is 208 Å². The van der Waals surface area contributed by atoms with Crippen LogP contribution in [0.25, 0.3) is 0 Å². The van der Waals surface area contributed by atoms with Gasteiger partial charge in [-0.3, -0.25) is 0 Å². The number of aliphatic hydroxyl groups is 6. The average molecular weight is 515 g/mol. The van der Waals surface area contributed by atoms with Crippen LogP contribution >= 0.6 is 0 Å². The predicted octanol–water partition coefficient (Wildman–Crippen LogP) is -4.85. The molecule has 3 aliphatic rings. The SMILES string of the molecule is NC[C@@H]1O[C@H](O[C@H]2[C@@H](O)[C@H]([C@@H]3[C@@H](O)[C@H](N)C[C@H](N)[C@@]3(O)c3ccccc3)O[C@@H]2CO)[C@H](N)[C@@H](O)[C@@H]1O. The molecule has 0 aromatic heterocycles. The average Bonchev–Trinajstić information content (AvgIpc) is 3.18. The van der Waals surface area contributed by atoms with Crippen molar-refractivity contribution in [2.24, 2.45) is 28.9 Å². The molecule has 0 bridgehead atoms. The van der Waals surface area contributed by atoms with Crippen molar-refractivity contribution in [3.8, 4) is 0 Å². The number of nitrogens with two attached hydrogens (primary N) is 4. The van der Waals surface area contributed by atoms with E-state index in [-0.39, 0.29) is 13.0 Å². The van der Waals surface area contributed by atoms with Crippen LogP contribution in [0.1, 0.15) is 12.0 Å². The van der Waals surface area contributed by atoms with E-state index in [1.165, 1.54) is 0 Å². The summed E-state index contributed by atoms with van der Waals surface area (Å²) in [6.45, 7) is -0.717. The zero-order chi connectivity index (χ0) is 26.4. The van der Waals surface area contributed by atoms with Gasteiger partial charge in [0.2, 0.25) is 0 Å². The summed E-state index contributed by atoms with van der Waals surface area (Å²) in [6.07, 6.45) is -11.3. The fourth-order valence-electron chi connectivity index (χ4n) is 5.75. The van der Waals surface area contributed by atoms with Crippen molar-refractivity contribution in [2.75, 3.05) is 13.2 Å². The molecule has 2 aliphatic heterocycles. The van der Waals surface area contributed by atoms with Crippen LogP contribution in [-0.4, -0.2) is 117 Å². The Hall–Kier alpha value is -1.30. The van der Waals surface area contributed by atoms with Crippen molar-refractivity contribution in [2.45, 2.75) is 85.3 Å². The number of hydrogen-bond donors (Lipinski definition) is 10. The van der Waals surface area contributed by atoms with Crippen molar-refractivity contribution in [1.82, 2.24) is 0 Å². The van der Waals surface area contributed by atoms with Gasteiger partial charge in [-0.25, -0.2) is 0 Å². The van der Waals surface area contributed by atoms with Crippen LogP contribution in [-0.2, 0) is 19.8 Å². The summed E-state index contributed by atoms with van der Waals surface area (Å²) in [5, 5.41) is 64.8. The van der Waals surface area contributed by atoms with E-state index in [9.17, 15) is 30.6 Å². The second-order valence-electron chi connectivity index (χ2n) is 9.96. The molecule has 2 saturated heterocycles. The summed E-state index contributed by atoms with van der Waals surface area (Å²) in [5.41, 5.74) is 22.7. The molecule has 13 nitrogen and oxygen atoms in total. The number of rotatable bonds is 6. The van der Waals surface area contributed by atoms with E-state index in [1.807, 2.05) is 0 Å². The molecule has 204 valence electrons. The molecule has 1 aliphatic carbocycles. The molecular formula is C23H38N4O9. The van der Waals surface area contributed by atoms with E-state index < -0.39 is 91.4 Å². The molecule has 0 radical (unpaired) electrons. The zero-order valence-corrected chi connectivity index (χ0v) is 19.7. The third-order valence-electron chi connectivity index (χ3n) is 7.82. The first-order valence-corrected chi connectivity index (χ1v) is 12.1. The van der Waals surface area contributed by atoms with Crippen molar-refractivity contribution in [1.29, 1.82) is 0 Å². The molecule has 36 heavy (non-hydrogen) atoms. The van der Waals surface area contributed by atoms with Gasteiger partial charge >= 0.3 is 0 Å². The fourth-order valence-corrected chi connectivity index (χ4v) is 5.75. The zero-order valence-electron chi connectivity index (χ0n) is 19.7. The topological polar surface area (TPSA) is 253 Å². The normalized spacial score (nSPS) is 49.8. The fraction of sp³-hybridized carbons (Fsp3) is 0.739. The first-order chi connectivity index (χ1) is 17.1. The van der Waals surface area contributed by atoms with E-state index in [1.54, 1.807) is 30.3 Å². The lowest BCUT2D eigenvalue weighted by Gasteiger charge is -2.51. The highest BCUT2D eigenvalue weighted by atomic mass is 16.7. The Morgan fingerprint density at radius 2 is 1.58 bits per heavy atom. The third kappa shape index (κ3) is 4.58. The number of ether oxygens (including phenoxy) is 3. The molecule has 4 rings (SSSR count). The van der Waals surface area contributed by atoms with Gasteiger partial charge in [-0.2, -0.15) is 0 Å². The van der Waals surface area contributed by atoms with Gasteiger partial charge in [-0.05, 0) is 12.0 Å². The Morgan fingerprint density at radius 3 is 2.19 bits per heavy atom. The Kier molecular flexibility index (Phi) is 8.34. The van der Waals surface area contributed by atoms with Crippen LogP contribution in [0.15, 0.2) is 30.3 Å². The summed E-state index contributed by atoms with van der Waals surface area (Å²) in [5.74, 6) is -1.19. The van der Waals surface area contributed by atoms with E-state index >= 15 is 0 Å². The molecule has 13 heteroatoms. The van der Waals surface area contributed by atoms with Gasteiger partial charge in [0.25, 0.3) is 0 Å². The van der Waals surface area contributed by atoms with Gasteiger partial charge in [0, 0.05) is 24.5 Å². The molecule has 3 fully saturated rings. The minimum Gasteiger partial charge on any atom is -0.394 e. The molecule has 0 amide bonds. The lowest BCUT2D eigenvalue weighted by molar-refractivity contribution is -0.279. The van der Waals surface area contributed by atoms with Crippen LogP contribution in [0.2, 0.25) is 0 Å². The highest BCUT2D eigenvalue weighted by molar-refractivity contribution is 5.29. The number of benzene rings is 1. The summed E-state index contributed by atoms with van der Waals surface area (Å²) in [4.78, 5) is 0. The monoisotopic (exact) mass is 514 g/mol. The maximum atomic E-state index is 11.9. The standard InChI is InChI=1S/C23H38N4O9/c24-7-11-17(30)18(31)15(27)22(35-11)36-20-12(8-28)34-21(19(20)32)14-16(29)10(25)6-13(26)23(14,33)9-4-2-1-3-5-9/h1-5,10-22,28-33H,6-8,24-27H2/t10-,11+,12-,13+,14+,15-,16+,17-,18-,19-,20-,21+,22-,23+/m1/s1. The van der Waals surface area contributed by atoms with Crippen molar-refractivity contribution in [3.63, 3.8) is 0 Å². The maximum absolute atomic E-state index is 11.9. The molecule has 14 atom stereocenters. The van der Waals surface area contributed by atoms with Crippen LogP contribution < -0.4 is 22.9 Å². The van der Waals surface area contributed by atoms with Gasteiger partial charge in [-0.15, -0.1) is 0 Å². The first kappa shape index (κ1) is 27.7. The van der Waals surface area contributed by atoms with Crippen LogP contribution in [0.3, 0.4) is 0 Å². The highest BCUT2D eigenvalue weighted by Gasteiger charge is 2.61. The van der Waals surface area contributed by atoms with E-state index in [2.05, 4.69) is 0 Å². The van der Waals surface area contributed by atoms with Crippen LogP contribution in [0.5, 0.6) is 0 Å². The minimum absolute atomic E-state index is 0.112. The Balaban J connectivity index is 1.64. The van der Waals surface area contributed by atoms with Gasteiger partial charge in [0.05, 0.1) is 24.9 Å².